The lowest BCUT2D eigenvalue weighted by Crippen LogP contribution is -2.53. The molecule has 1 aromatic heterocycles. The maximum atomic E-state index is 15.1. The van der Waals surface area contributed by atoms with Crippen LogP contribution in [0.5, 0.6) is 0 Å². The van der Waals surface area contributed by atoms with Crippen LogP contribution in [0.25, 0.3) is 0 Å². The lowest BCUT2D eigenvalue weighted by molar-refractivity contribution is 0.0737. The van der Waals surface area contributed by atoms with E-state index < -0.39 is 17.9 Å². The van der Waals surface area contributed by atoms with Crippen molar-refractivity contribution in [2.45, 2.75) is 12.7 Å². The van der Waals surface area contributed by atoms with Crippen LogP contribution in [0.15, 0.2) is 35.5 Å². The molecule has 2 aliphatic heterocycles. The Balaban J connectivity index is 1.35. The molecule has 1 aromatic carbocycles. The maximum Gasteiger partial charge on any atom is 0.437 e. The number of nitrogens with two attached hydrogens (primary N) is 2. The summed E-state index contributed by atoms with van der Waals surface area (Å²) >= 11 is 0. The first-order chi connectivity index (χ1) is 16.9. The van der Waals surface area contributed by atoms with Crippen molar-refractivity contribution in [3.8, 4) is 0 Å². The number of guanidine groups is 1. The highest BCUT2D eigenvalue weighted by Crippen LogP contribution is 2.25. The molecule has 3 heterocycles. The van der Waals surface area contributed by atoms with E-state index in [2.05, 4.69) is 15.0 Å². The monoisotopic (exact) mass is 486 g/mol. The summed E-state index contributed by atoms with van der Waals surface area (Å²) in [5, 5.41) is 0. The smallest absolute Gasteiger partial charge is 0.437 e. The molecule has 35 heavy (non-hydrogen) atoms. The minimum absolute atomic E-state index is 0.148. The first-order valence-electron chi connectivity index (χ1n) is 11.0. The second kappa shape index (κ2) is 10.5. The normalized spacial score (nSPS) is 16.0. The molecular formula is C22H27FN8O4. The Morgan fingerprint density at radius 1 is 1.14 bits per heavy atom. The zero-order valence-corrected chi connectivity index (χ0v) is 19.3. The fourth-order valence-electron chi connectivity index (χ4n) is 3.88. The van der Waals surface area contributed by atoms with Gasteiger partial charge in [0.15, 0.2) is 11.8 Å². The van der Waals surface area contributed by atoms with Crippen LogP contribution in [0, 0.1) is 5.82 Å². The number of anilines is 2. The van der Waals surface area contributed by atoms with Crippen LogP contribution in [-0.4, -0.2) is 85.3 Å². The van der Waals surface area contributed by atoms with Crippen LogP contribution in [0.1, 0.15) is 16.1 Å². The van der Waals surface area contributed by atoms with E-state index in [0.29, 0.717) is 56.6 Å². The molecule has 2 aliphatic rings. The van der Waals surface area contributed by atoms with Gasteiger partial charge in [-0.25, -0.2) is 19.2 Å². The van der Waals surface area contributed by atoms with E-state index in [9.17, 15) is 9.59 Å². The Labute approximate surface area is 201 Å². The van der Waals surface area contributed by atoms with Crippen molar-refractivity contribution in [2.24, 2.45) is 16.5 Å². The molecule has 186 valence electrons. The SMILES string of the molecule is COC1CN(c2nccc(C(=O)N3CCN(c4cccc(COC(=O)N=C(N)N)c4F)CC3)n2)C1. The van der Waals surface area contributed by atoms with Crippen molar-refractivity contribution in [1.82, 2.24) is 14.9 Å². The van der Waals surface area contributed by atoms with Crippen LogP contribution < -0.4 is 21.3 Å². The zero-order valence-electron chi connectivity index (χ0n) is 19.3. The second-order valence-corrected chi connectivity index (χ2v) is 8.13. The maximum absolute atomic E-state index is 15.1. The van der Waals surface area contributed by atoms with Crippen molar-refractivity contribution in [3.63, 3.8) is 0 Å². The van der Waals surface area contributed by atoms with Crippen molar-refractivity contribution in [1.29, 1.82) is 0 Å². The van der Waals surface area contributed by atoms with Gasteiger partial charge in [0.1, 0.15) is 12.3 Å². The fourth-order valence-corrected chi connectivity index (χ4v) is 3.88. The minimum atomic E-state index is -0.998. The summed E-state index contributed by atoms with van der Waals surface area (Å²) in [6.45, 7) is 2.72. The summed E-state index contributed by atoms with van der Waals surface area (Å²) in [5.74, 6) is -0.635. The first-order valence-corrected chi connectivity index (χ1v) is 11.0. The van der Waals surface area contributed by atoms with Gasteiger partial charge in [-0.2, -0.15) is 0 Å². The molecule has 0 spiro atoms. The van der Waals surface area contributed by atoms with Crippen LogP contribution in [-0.2, 0) is 16.1 Å². The summed E-state index contributed by atoms with van der Waals surface area (Å²) in [7, 11) is 1.66. The Bertz CT molecular complexity index is 1110. The highest BCUT2D eigenvalue weighted by Gasteiger charge is 2.30. The summed E-state index contributed by atoms with van der Waals surface area (Å²) in [4.78, 5) is 41.9. The van der Waals surface area contributed by atoms with E-state index in [1.54, 1.807) is 36.4 Å². The molecule has 2 saturated heterocycles. The number of aliphatic imine (C=N–C) groups is 1. The number of halogens is 1. The number of rotatable bonds is 6. The number of hydrogen-bond donors (Lipinski definition) is 2. The van der Waals surface area contributed by atoms with Gasteiger partial charge in [-0.1, -0.05) is 12.1 Å². The van der Waals surface area contributed by atoms with Gasteiger partial charge in [0, 0.05) is 58.1 Å². The molecule has 0 atom stereocenters. The predicted molar refractivity (Wildman–Crippen MR) is 126 cm³/mol. The van der Waals surface area contributed by atoms with Gasteiger partial charge < -0.3 is 35.6 Å². The number of carbonyl (C=O) groups excluding carboxylic acids is 2. The summed E-state index contributed by atoms with van der Waals surface area (Å²) in [6.07, 6.45) is 0.727. The van der Waals surface area contributed by atoms with Gasteiger partial charge in [0.05, 0.1) is 11.8 Å². The number of piperazine rings is 1. The largest absolute Gasteiger partial charge is 0.443 e. The zero-order chi connectivity index (χ0) is 24.9. The predicted octanol–water partition coefficient (Wildman–Crippen LogP) is 0.323. The van der Waals surface area contributed by atoms with E-state index >= 15 is 4.39 Å². The third kappa shape index (κ3) is 5.57. The van der Waals surface area contributed by atoms with E-state index in [0.717, 1.165) is 0 Å². The molecular weight excluding hydrogens is 459 g/mol. The van der Waals surface area contributed by atoms with Crippen LogP contribution in [0.3, 0.4) is 0 Å². The van der Waals surface area contributed by atoms with Crippen LogP contribution >= 0.6 is 0 Å². The van der Waals surface area contributed by atoms with Crippen molar-refractivity contribution < 1.29 is 23.5 Å². The quantitative estimate of drug-likeness (QED) is 0.431. The highest BCUT2D eigenvalue weighted by atomic mass is 19.1. The number of amides is 2. The Morgan fingerprint density at radius 2 is 1.89 bits per heavy atom. The van der Waals surface area contributed by atoms with Gasteiger partial charge in [0.25, 0.3) is 5.91 Å². The van der Waals surface area contributed by atoms with E-state index in [4.69, 9.17) is 20.9 Å². The number of benzene rings is 1. The van der Waals surface area contributed by atoms with Crippen LogP contribution in [0.4, 0.5) is 20.8 Å². The third-order valence-corrected chi connectivity index (χ3v) is 5.86. The molecule has 0 saturated carbocycles. The fraction of sp³-hybridized carbons (Fsp3) is 0.409. The average molecular weight is 487 g/mol. The van der Waals surface area contributed by atoms with Crippen molar-refractivity contribution in [3.05, 3.63) is 47.5 Å². The number of aromatic nitrogens is 2. The molecule has 4 rings (SSSR count). The van der Waals surface area contributed by atoms with Gasteiger partial charge in [-0.15, -0.1) is 4.99 Å². The van der Waals surface area contributed by atoms with E-state index in [1.165, 1.54) is 6.07 Å². The summed E-state index contributed by atoms with van der Waals surface area (Å²) in [5.41, 5.74) is 11.1. The Morgan fingerprint density at radius 3 is 2.57 bits per heavy atom. The van der Waals surface area contributed by atoms with Gasteiger partial charge in [0.2, 0.25) is 5.95 Å². The second-order valence-electron chi connectivity index (χ2n) is 8.13. The van der Waals surface area contributed by atoms with Gasteiger partial charge >= 0.3 is 6.09 Å². The molecule has 13 heteroatoms. The third-order valence-electron chi connectivity index (χ3n) is 5.86. The summed E-state index contributed by atoms with van der Waals surface area (Å²) < 4.78 is 25.2. The van der Waals surface area contributed by atoms with E-state index in [-0.39, 0.29) is 24.2 Å². The Kier molecular flexibility index (Phi) is 7.25. The van der Waals surface area contributed by atoms with E-state index in [1.807, 2.05) is 9.80 Å². The van der Waals surface area contributed by atoms with Crippen LogP contribution in [0.2, 0.25) is 0 Å². The Hall–Kier alpha value is -4.00. The van der Waals surface area contributed by atoms with Gasteiger partial charge in [-0.05, 0) is 12.1 Å². The number of hydrogen-bond acceptors (Lipinski definition) is 8. The standard InChI is InChI=1S/C22H27FN8O4/c1-34-15-11-31(12-15)21-26-6-5-16(27-21)19(32)30-9-7-29(8-10-30)17-4-2-3-14(18(17)23)13-35-22(33)28-20(24)25/h2-6,15H,7-13H2,1H3,(H4,24,25,28,33). The highest BCUT2D eigenvalue weighted by molar-refractivity contribution is 5.92. The average Bonchev–Trinajstić information content (AvgIpc) is 2.82. The topological polar surface area (TPSA) is 152 Å². The lowest BCUT2D eigenvalue weighted by atomic mass is 10.1. The molecule has 0 bridgehead atoms. The van der Waals surface area contributed by atoms with Crippen molar-refractivity contribution in [2.75, 3.05) is 56.2 Å². The molecule has 12 nitrogen and oxygen atoms in total. The number of ether oxygens (including phenoxy) is 2. The molecule has 0 aliphatic carbocycles. The van der Waals surface area contributed by atoms with Crippen molar-refractivity contribution >= 4 is 29.6 Å². The summed E-state index contributed by atoms with van der Waals surface area (Å²) in [6, 6.07) is 6.43. The molecule has 2 fully saturated rings. The molecule has 2 aromatic rings. The number of nitrogens with zero attached hydrogens (tertiary/aromatic N) is 6. The molecule has 2 amide bonds. The van der Waals surface area contributed by atoms with Gasteiger partial charge in [-0.3, -0.25) is 4.79 Å². The first kappa shape index (κ1) is 24.1. The molecule has 0 radical (unpaired) electrons. The number of methoxy groups -OCH3 is 1. The number of carbonyl (C=O) groups is 2. The molecule has 0 unspecified atom stereocenters. The molecule has 4 N–H and O–H groups in total. The minimum Gasteiger partial charge on any atom is -0.443 e. The lowest BCUT2D eigenvalue weighted by Gasteiger charge is -2.38.